The lowest BCUT2D eigenvalue weighted by molar-refractivity contribution is -0.324. The number of ether oxygens (including phenoxy) is 2. The van der Waals surface area contributed by atoms with Crippen LogP contribution in [0, 0.1) is 13.8 Å². The minimum Gasteiger partial charge on any atom is -0.346 e. The molecular formula is C21H22O10S2. The number of Topliss-reactive ketones (excluding diaryl/α,β-unsaturated/α-hetero) is 1. The van der Waals surface area contributed by atoms with Gasteiger partial charge in [-0.2, -0.15) is 16.8 Å². The molecule has 178 valence electrons. The molecule has 4 atom stereocenters. The van der Waals surface area contributed by atoms with Gasteiger partial charge in [0.15, 0.2) is 11.4 Å². The van der Waals surface area contributed by atoms with E-state index >= 15 is 0 Å². The van der Waals surface area contributed by atoms with Crippen molar-refractivity contribution in [1.29, 1.82) is 0 Å². The van der Waals surface area contributed by atoms with Crippen molar-refractivity contribution in [3.63, 3.8) is 0 Å². The van der Waals surface area contributed by atoms with E-state index in [1.54, 1.807) is 38.1 Å². The number of benzene rings is 2. The van der Waals surface area contributed by atoms with Crippen LogP contribution in [0.4, 0.5) is 0 Å². The SMILES string of the molecule is Cc1ccc(S(=O)(=O)OCC2OC(O)OC3(CC3OS(=O)(=O)c3ccc(C)cc3)C2=O)cc1. The van der Waals surface area contributed by atoms with Crippen LogP contribution >= 0.6 is 0 Å². The Balaban J connectivity index is 1.45. The molecule has 1 saturated heterocycles. The molecule has 2 aromatic rings. The van der Waals surface area contributed by atoms with Crippen LogP contribution in [0.2, 0.25) is 0 Å². The van der Waals surface area contributed by atoms with E-state index in [-0.39, 0.29) is 16.2 Å². The molecule has 1 aliphatic carbocycles. The summed E-state index contributed by atoms with van der Waals surface area (Å²) in [6, 6.07) is 11.8. The molecule has 12 heteroatoms. The Morgan fingerprint density at radius 2 is 1.45 bits per heavy atom. The van der Waals surface area contributed by atoms with Crippen LogP contribution in [-0.2, 0) is 42.9 Å². The maximum Gasteiger partial charge on any atom is 0.297 e. The summed E-state index contributed by atoms with van der Waals surface area (Å²) in [6.45, 7) is 0.965. The van der Waals surface area contributed by atoms with E-state index < -0.39 is 56.9 Å². The number of aliphatic hydroxyl groups excluding tert-OH is 1. The Morgan fingerprint density at radius 3 is 2.00 bits per heavy atom. The van der Waals surface area contributed by atoms with Crippen LogP contribution in [0.3, 0.4) is 0 Å². The fraction of sp³-hybridized carbons (Fsp3) is 0.381. The molecule has 0 amide bonds. The first-order valence-electron chi connectivity index (χ1n) is 9.95. The third-order valence-electron chi connectivity index (χ3n) is 5.39. The Kier molecular flexibility index (Phi) is 6.20. The van der Waals surface area contributed by atoms with Crippen molar-refractivity contribution in [2.45, 2.75) is 54.3 Å². The van der Waals surface area contributed by atoms with E-state index in [0.29, 0.717) is 0 Å². The van der Waals surface area contributed by atoms with Gasteiger partial charge in [-0.1, -0.05) is 35.4 Å². The third-order valence-corrected chi connectivity index (χ3v) is 8.02. The molecule has 4 unspecified atom stereocenters. The quantitative estimate of drug-likeness (QED) is 0.553. The summed E-state index contributed by atoms with van der Waals surface area (Å²) >= 11 is 0. The van der Waals surface area contributed by atoms with Gasteiger partial charge in [-0.15, -0.1) is 0 Å². The Bertz CT molecular complexity index is 1250. The van der Waals surface area contributed by atoms with Gasteiger partial charge in [0.25, 0.3) is 26.7 Å². The molecule has 0 bridgehead atoms. The van der Waals surface area contributed by atoms with Gasteiger partial charge < -0.3 is 14.6 Å². The minimum atomic E-state index is -4.20. The largest absolute Gasteiger partial charge is 0.346 e. The van der Waals surface area contributed by atoms with Crippen molar-refractivity contribution < 1.29 is 44.6 Å². The average Bonchev–Trinajstić information content (AvgIpc) is 3.41. The second kappa shape index (κ2) is 8.55. The summed E-state index contributed by atoms with van der Waals surface area (Å²) in [4.78, 5) is 12.7. The molecule has 1 saturated carbocycles. The van der Waals surface area contributed by atoms with Crippen molar-refractivity contribution in [2.24, 2.45) is 0 Å². The molecule has 1 spiro atoms. The van der Waals surface area contributed by atoms with Crippen molar-refractivity contribution in [3.8, 4) is 0 Å². The third kappa shape index (κ3) is 4.87. The summed E-state index contributed by atoms with van der Waals surface area (Å²) in [5.74, 6) is -0.781. The van der Waals surface area contributed by atoms with Crippen molar-refractivity contribution in [1.82, 2.24) is 0 Å². The lowest BCUT2D eigenvalue weighted by Gasteiger charge is -2.32. The number of carbonyl (C=O) groups is 1. The summed E-state index contributed by atoms with van der Waals surface area (Å²) in [5.41, 5.74) is -0.0782. The van der Waals surface area contributed by atoms with Gasteiger partial charge in [-0.25, -0.2) is 0 Å². The van der Waals surface area contributed by atoms with E-state index in [1.807, 2.05) is 0 Å². The molecule has 0 aromatic heterocycles. The standard InChI is InChI=1S/C21H22O10S2/c1-13-3-7-15(8-4-13)32(24,25)28-12-17-19(22)21(30-20(23)29-17)11-18(21)31-33(26,27)16-9-5-14(2)6-10-16/h3-10,17-18,20,23H,11-12H2,1-2H3. The van der Waals surface area contributed by atoms with Gasteiger partial charge in [0.05, 0.1) is 9.79 Å². The first-order valence-corrected chi connectivity index (χ1v) is 12.8. The van der Waals surface area contributed by atoms with Crippen molar-refractivity contribution in [2.75, 3.05) is 6.61 Å². The Hall–Kier alpha value is -2.19. The molecule has 2 aliphatic rings. The van der Waals surface area contributed by atoms with Gasteiger partial charge in [0.2, 0.25) is 0 Å². The van der Waals surface area contributed by atoms with E-state index in [1.165, 1.54) is 24.3 Å². The van der Waals surface area contributed by atoms with Crippen LogP contribution in [0.15, 0.2) is 58.3 Å². The fourth-order valence-electron chi connectivity index (χ4n) is 3.40. The van der Waals surface area contributed by atoms with Gasteiger partial charge >= 0.3 is 0 Å². The van der Waals surface area contributed by atoms with Crippen LogP contribution in [0.1, 0.15) is 17.5 Å². The zero-order valence-electron chi connectivity index (χ0n) is 17.7. The average molecular weight is 499 g/mol. The van der Waals surface area contributed by atoms with E-state index in [9.17, 15) is 26.7 Å². The van der Waals surface area contributed by atoms with Gasteiger partial charge in [0.1, 0.15) is 18.8 Å². The Morgan fingerprint density at radius 1 is 0.939 bits per heavy atom. The lowest BCUT2D eigenvalue weighted by Crippen LogP contribution is -2.52. The number of rotatable bonds is 7. The topological polar surface area (TPSA) is 142 Å². The summed E-state index contributed by atoms with van der Waals surface area (Å²) in [5, 5.41) is 9.91. The van der Waals surface area contributed by atoms with E-state index in [4.69, 9.17) is 17.8 Å². The van der Waals surface area contributed by atoms with Crippen LogP contribution < -0.4 is 0 Å². The highest BCUT2D eigenvalue weighted by Crippen LogP contribution is 2.49. The smallest absolute Gasteiger partial charge is 0.297 e. The molecule has 10 nitrogen and oxygen atoms in total. The number of aliphatic hydroxyl groups is 1. The zero-order valence-corrected chi connectivity index (χ0v) is 19.3. The van der Waals surface area contributed by atoms with Gasteiger partial charge in [-0.3, -0.25) is 13.2 Å². The fourth-order valence-corrected chi connectivity index (χ4v) is 5.42. The second-order valence-electron chi connectivity index (χ2n) is 7.91. The Labute approximate surface area is 191 Å². The highest BCUT2D eigenvalue weighted by atomic mass is 32.2. The molecule has 1 heterocycles. The first kappa shape index (κ1) is 24.0. The maximum absolute atomic E-state index is 12.9. The predicted octanol–water partition coefficient (Wildman–Crippen LogP) is 1.19. The van der Waals surface area contributed by atoms with Gasteiger partial charge in [-0.05, 0) is 38.1 Å². The van der Waals surface area contributed by atoms with E-state index in [0.717, 1.165) is 11.1 Å². The summed E-state index contributed by atoms with van der Waals surface area (Å²) < 4.78 is 70.1. The molecular weight excluding hydrogens is 476 g/mol. The minimum absolute atomic E-state index is 0.0979. The summed E-state index contributed by atoms with van der Waals surface area (Å²) in [7, 11) is -8.40. The van der Waals surface area contributed by atoms with Crippen LogP contribution in [0.25, 0.3) is 0 Å². The van der Waals surface area contributed by atoms with Crippen LogP contribution in [-0.4, -0.2) is 58.6 Å². The second-order valence-corrected chi connectivity index (χ2v) is 11.1. The number of hydrogen-bond donors (Lipinski definition) is 1. The molecule has 1 aliphatic heterocycles. The normalized spacial score (nSPS) is 27.6. The first-order chi connectivity index (χ1) is 15.4. The molecule has 33 heavy (non-hydrogen) atoms. The van der Waals surface area contributed by atoms with E-state index in [2.05, 4.69) is 0 Å². The summed E-state index contributed by atoms with van der Waals surface area (Å²) in [6.07, 6.45) is -2.87. The number of carbonyl (C=O) groups excluding carboxylic acids is 1. The van der Waals surface area contributed by atoms with Crippen molar-refractivity contribution >= 4 is 26.0 Å². The zero-order chi connectivity index (χ0) is 24.0. The number of hydrogen-bond acceptors (Lipinski definition) is 10. The maximum atomic E-state index is 12.9. The molecule has 2 aromatic carbocycles. The highest BCUT2D eigenvalue weighted by Gasteiger charge is 2.69. The predicted molar refractivity (Wildman–Crippen MR) is 112 cm³/mol. The lowest BCUT2D eigenvalue weighted by atomic mass is 10.1. The molecule has 4 rings (SSSR count). The number of aryl methyl sites for hydroxylation is 2. The number of ketones is 1. The van der Waals surface area contributed by atoms with Crippen LogP contribution in [0.5, 0.6) is 0 Å². The van der Waals surface area contributed by atoms with Gasteiger partial charge in [0, 0.05) is 6.42 Å². The van der Waals surface area contributed by atoms with Crippen molar-refractivity contribution in [3.05, 3.63) is 59.7 Å². The molecule has 2 fully saturated rings. The molecule has 0 radical (unpaired) electrons. The molecule has 1 N–H and O–H groups in total. The highest BCUT2D eigenvalue weighted by molar-refractivity contribution is 7.87. The monoisotopic (exact) mass is 498 g/mol.